The second kappa shape index (κ2) is 7.43. The summed E-state index contributed by atoms with van der Waals surface area (Å²) in [6.07, 6.45) is 2.54. The van der Waals surface area contributed by atoms with Gasteiger partial charge in [0.15, 0.2) is 0 Å². The molecule has 1 aromatic rings. The van der Waals surface area contributed by atoms with Gasteiger partial charge in [-0.15, -0.1) is 0 Å². The normalized spacial score (nSPS) is 15.8. The van der Waals surface area contributed by atoms with E-state index in [2.05, 4.69) is 10.6 Å². The minimum Gasteiger partial charge on any atom is -0.397 e. The number of benzene rings is 1. The Morgan fingerprint density at radius 2 is 2.15 bits per heavy atom. The lowest BCUT2D eigenvalue weighted by Gasteiger charge is -2.22. The summed E-state index contributed by atoms with van der Waals surface area (Å²) < 4.78 is 0. The van der Waals surface area contributed by atoms with Crippen LogP contribution in [0.5, 0.6) is 0 Å². The predicted octanol–water partition coefficient (Wildman–Crippen LogP) is 2.57. The Labute approximate surface area is 124 Å². The van der Waals surface area contributed by atoms with E-state index >= 15 is 0 Å². The van der Waals surface area contributed by atoms with Gasteiger partial charge in [-0.2, -0.15) is 11.8 Å². The molecule has 0 aliphatic carbocycles. The van der Waals surface area contributed by atoms with Crippen LogP contribution in [0.2, 0.25) is 0 Å². The van der Waals surface area contributed by atoms with E-state index in [0.717, 1.165) is 18.2 Å². The zero-order valence-corrected chi connectivity index (χ0v) is 12.8. The average molecular weight is 293 g/mol. The maximum atomic E-state index is 11.7. The third kappa shape index (κ3) is 4.07. The van der Waals surface area contributed by atoms with Crippen molar-refractivity contribution in [2.45, 2.75) is 19.8 Å². The molecule has 0 radical (unpaired) electrons. The first kappa shape index (κ1) is 15.0. The minimum atomic E-state index is -0.0740. The minimum absolute atomic E-state index is 0.0740. The number of nitrogens with one attached hydrogen (secondary N) is 2. The van der Waals surface area contributed by atoms with Gasteiger partial charge in [0.25, 0.3) is 5.91 Å². The predicted molar refractivity (Wildman–Crippen MR) is 87.4 cm³/mol. The molecule has 1 heterocycles. The number of rotatable bonds is 5. The van der Waals surface area contributed by atoms with Gasteiger partial charge < -0.3 is 16.4 Å². The van der Waals surface area contributed by atoms with Crippen molar-refractivity contribution >= 4 is 29.0 Å². The standard InChI is InChI=1S/C15H23N3OS/c1-2-17-15(19)12-3-4-14(13(16)9-12)18-10-11-5-7-20-8-6-11/h3-4,9,11,18H,2,5-8,10,16H2,1H3,(H,17,19). The third-order valence-electron chi connectivity index (χ3n) is 3.57. The number of carbonyl (C=O) groups is 1. The van der Waals surface area contributed by atoms with E-state index in [9.17, 15) is 4.79 Å². The van der Waals surface area contributed by atoms with Gasteiger partial charge in [-0.3, -0.25) is 4.79 Å². The molecule has 110 valence electrons. The maximum absolute atomic E-state index is 11.7. The number of nitrogens with two attached hydrogens (primary N) is 1. The molecule has 0 bridgehead atoms. The van der Waals surface area contributed by atoms with Crippen LogP contribution in [-0.2, 0) is 0 Å². The summed E-state index contributed by atoms with van der Waals surface area (Å²) in [5, 5.41) is 6.19. The van der Waals surface area contributed by atoms with Crippen molar-refractivity contribution in [1.29, 1.82) is 0 Å². The molecule has 20 heavy (non-hydrogen) atoms. The molecule has 1 aliphatic heterocycles. The lowest BCUT2D eigenvalue weighted by atomic mass is 10.0. The Hall–Kier alpha value is -1.36. The largest absolute Gasteiger partial charge is 0.397 e. The van der Waals surface area contributed by atoms with Crippen LogP contribution in [0.3, 0.4) is 0 Å². The molecule has 0 spiro atoms. The number of nitrogen functional groups attached to an aromatic ring is 1. The highest BCUT2D eigenvalue weighted by Gasteiger charge is 2.14. The van der Waals surface area contributed by atoms with Crippen molar-refractivity contribution in [3.8, 4) is 0 Å². The summed E-state index contributed by atoms with van der Waals surface area (Å²) in [5.74, 6) is 3.18. The van der Waals surface area contributed by atoms with Crippen LogP contribution in [0.15, 0.2) is 18.2 Å². The van der Waals surface area contributed by atoms with E-state index < -0.39 is 0 Å². The Kier molecular flexibility index (Phi) is 5.59. The fourth-order valence-electron chi connectivity index (χ4n) is 2.33. The Balaban J connectivity index is 1.93. The summed E-state index contributed by atoms with van der Waals surface area (Å²) in [6.45, 7) is 3.49. The van der Waals surface area contributed by atoms with Gasteiger partial charge in [0.2, 0.25) is 0 Å². The van der Waals surface area contributed by atoms with Crippen LogP contribution >= 0.6 is 11.8 Å². The number of amides is 1. The molecule has 4 nitrogen and oxygen atoms in total. The van der Waals surface area contributed by atoms with Gasteiger partial charge in [-0.05, 0) is 55.4 Å². The van der Waals surface area contributed by atoms with Gasteiger partial charge in [-0.1, -0.05) is 0 Å². The molecule has 4 N–H and O–H groups in total. The van der Waals surface area contributed by atoms with Crippen molar-refractivity contribution in [1.82, 2.24) is 5.32 Å². The van der Waals surface area contributed by atoms with Crippen molar-refractivity contribution in [3.05, 3.63) is 23.8 Å². The molecule has 1 fully saturated rings. The highest BCUT2D eigenvalue weighted by atomic mass is 32.2. The molecule has 5 heteroatoms. The summed E-state index contributed by atoms with van der Waals surface area (Å²) >= 11 is 2.04. The Bertz CT molecular complexity index is 458. The molecule has 0 aromatic heterocycles. The molecule has 2 rings (SSSR count). The third-order valence-corrected chi connectivity index (χ3v) is 4.62. The second-order valence-corrected chi connectivity index (χ2v) is 6.32. The van der Waals surface area contributed by atoms with Gasteiger partial charge in [0, 0.05) is 18.7 Å². The monoisotopic (exact) mass is 293 g/mol. The van der Waals surface area contributed by atoms with Crippen LogP contribution < -0.4 is 16.4 Å². The number of hydrogen-bond acceptors (Lipinski definition) is 4. The topological polar surface area (TPSA) is 67.2 Å². The summed E-state index contributed by atoms with van der Waals surface area (Å²) in [7, 11) is 0. The molecule has 1 aliphatic rings. The van der Waals surface area contributed by atoms with Crippen LogP contribution in [0.25, 0.3) is 0 Å². The van der Waals surface area contributed by atoms with E-state index in [4.69, 9.17) is 5.73 Å². The molecular weight excluding hydrogens is 270 g/mol. The van der Waals surface area contributed by atoms with E-state index in [-0.39, 0.29) is 5.91 Å². The summed E-state index contributed by atoms with van der Waals surface area (Å²) in [5.41, 5.74) is 8.20. The number of carbonyl (C=O) groups excluding carboxylic acids is 1. The first-order valence-electron chi connectivity index (χ1n) is 7.20. The fraction of sp³-hybridized carbons (Fsp3) is 0.533. The molecule has 0 atom stereocenters. The molecule has 1 saturated heterocycles. The molecule has 1 amide bonds. The Morgan fingerprint density at radius 1 is 1.40 bits per heavy atom. The highest BCUT2D eigenvalue weighted by molar-refractivity contribution is 7.99. The summed E-state index contributed by atoms with van der Waals surface area (Å²) in [4.78, 5) is 11.7. The van der Waals surface area contributed by atoms with Crippen molar-refractivity contribution in [2.24, 2.45) is 5.92 Å². The maximum Gasteiger partial charge on any atom is 0.251 e. The van der Waals surface area contributed by atoms with Crippen molar-refractivity contribution < 1.29 is 4.79 Å². The van der Waals surface area contributed by atoms with E-state index in [0.29, 0.717) is 17.8 Å². The second-order valence-electron chi connectivity index (χ2n) is 5.10. The van der Waals surface area contributed by atoms with Crippen LogP contribution in [0.4, 0.5) is 11.4 Å². The number of anilines is 2. The molecule has 0 unspecified atom stereocenters. The first-order valence-corrected chi connectivity index (χ1v) is 8.35. The SMILES string of the molecule is CCNC(=O)c1ccc(NCC2CCSCC2)c(N)c1. The molecule has 0 saturated carbocycles. The van der Waals surface area contributed by atoms with Gasteiger partial charge >= 0.3 is 0 Å². The molecular formula is C15H23N3OS. The van der Waals surface area contributed by atoms with Gasteiger partial charge in [0.05, 0.1) is 11.4 Å². The van der Waals surface area contributed by atoms with Crippen LogP contribution in [0, 0.1) is 5.92 Å². The average Bonchev–Trinajstić information content (AvgIpc) is 2.47. The van der Waals surface area contributed by atoms with Crippen molar-refractivity contribution in [3.63, 3.8) is 0 Å². The van der Waals surface area contributed by atoms with Crippen LogP contribution in [0.1, 0.15) is 30.1 Å². The number of hydrogen-bond donors (Lipinski definition) is 3. The Morgan fingerprint density at radius 3 is 2.80 bits per heavy atom. The van der Waals surface area contributed by atoms with Gasteiger partial charge in [0.1, 0.15) is 0 Å². The van der Waals surface area contributed by atoms with E-state index in [1.54, 1.807) is 6.07 Å². The smallest absolute Gasteiger partial charge is 0.251 e. The first-order chi connectivity index (χ1) is 9.70. The van der Waals surface area contributed by atoms with E-state index in [1.165, 1.54) is 24.3 Å². The van der Waals surface area contributed by atoms with E-state index in [1.807, 2.05) is 30.8 Å². The van der Waals surface area contributed by atoms with Gasteiger partial charge in [-0.25, -0.2) is 0 Å². The van der Waals surface area contributed by atoms with Crippen LogP contribution in [-0.4, -0.2) is 30.5 Å². The molecule has 1 aromatic carbocycles. The lowest BCUT2D eigenvalue weighted by molar-refractivity contribution is 0.0956. The quantitative estimate of drug-likeness (QED) is 0.730. The fourth-order valence-corrected chi connectivity index (χ4v) is 3.54. The zero-order valence-electron chi connectivity index (χ0n) is 11.9. The zero-order chi connectivity index (χ0) is 14.4. The van der Waals surface area contributed by atoms with Crippen molar-refractivity contribution in [2.75, 3.05) is 35.6 Å². The lowest BCUT2D eigenvalue weighted by Crippen LogP contribution is -2.23. The highest BCUT2D eigenvalue weighted by Crippen LogP contribution is 2.25. The summed E-state index contributed by atoms with van der Waals surface area (Å²) in [6, 6.07) is 5.46. The number of thioether (sulfide) groups is 1.